The second-order valence-electron chi connectivity index (χ2n) is 8.60. The van der Waals surface area contributed by atoms with Crippen LogP contribution in [-0.4, -0.2) is 80.3 Å². The van der Waals surface area contributed by atoms with Gasteiger partial charge >= 0.3 is 0 Å². The lowest BCUT2D eigenvalue weighted by atomic mass is 10.0. The lowest BCUT2D eigenvalue weighted by Crippen LogP contribution is -2.53. The molecule has 2 aliphatic heterocycles. The van der Waals surface area contributed by atoms with E-state index in [0.717, 1.165) is 51.9 Å². The Balaban J connectivity index is 0.00000300. The Morgan fingerprint density at radius 1 is 1.21 bits per heavy atom. The van der Waals surface area contributed by atoms with Gasteiger partial charge in [0, 0.05) is 57.4 Å². The number of morpholine rings is 1. The summed E-state index contributed by atoms with van der Waals surface area (Å²) in [7, 11) is 1.89. The van der Waals surface area contributed by atoms with E-state index in [1.807, 2.05) is 7.05 Å². The molecule has 164 valence electrons. The molecule has 0 amide bonds. The van der Waals surface area contributed by atoms with Crippen molar-refractivity contribution in [2.45, 2.75) is 44.8 Å². The summed E-state index contributed by atoms with van der Waals surface area (Å²) in [4.78, 5) is 9.52. The summed E-state index contributed by atoms with van der Waals surface area (Å²) in [6, 6.07) is 11.5. The molecule has 2 N–H and O–H groups in total. The molecule has 1 aromatic carbocycles. The van der Waals surface area contributed by atoms with Crippen molar-refractivity contribution in [2.24, 2.45) is 4.99 Å². The zero-order chi connectivity index (χ0) is 20.0. The van der Waals surface area contributed by atoms with Crippen LogP contribution in [0.15, 0.2) is 35.3 Å². The van der Waals surface area contributed by atoms with Gasteiger partial charge in [0.15, 0.2) is 5.96 Å². The summed E-state index contributed by atoms with van der Waals surface area (Å²) >= 11 is 0. The monoisotopic (exact) mass is 515 g/mol. The topological polar surface area (TPSA) is 52.1 Å². The highest BCUT2D eigenvalue weighted by Gasteiger charge is 2.31. The van der Waals surface area contributed by atoms with Crippen LogP contribution in [0.1, 0.15) is 38.8 Å². The number of aliphatic imine (C=N–C) groups is 1. The number of hydrogen-bond acceptors (Lipinski definition) is 4. The van der Waals surface area contributed by atoms with Crippen LogP contribution in [0, 0.1) is 0 Å². The molecule has 2 saturated heterocycles. The van der Waals surface area contributed by atoms with Gasteiger partial charge in [0.05, 0.1) is 13.2 Å². The molecule has 6 nitrogen and oxygen atoms in total. The van der Waals surface area contributed by atoms with Crippen molar-refractivity contribution in [3.63, 3.8) is 0 Å². The fraction of sp³-hybridized carbons (Fsp3) is 0.682. The molecular formula is C22H38IN5O. The van der Waals surface area contributed by atoms with Gasteiger partial charge in [-0.15, -0.1) is 24.0 Å². The van der Waals surface area contributed by atoms with Crippen LogP contribution in [0.2, 0.25) is 0 Å². The van der Waals surface area contributed by atoms with Crippen molar-refractivity contribution in [1.29, 1.82) is 0 Å². The molecule has 0 aliphatic carbocycles. The molecule has 2 heterocycles. The van der Waals surface area contributed by atoms with Crippen molar-refractivity contribution in [1.82, 2.24) is 20.4 Å². The normalized spacial score (nSPS) is 22.3. The smallest absolute Gasteiger partial charge is 0.193 e. The zero-order valence-corrected chi connectivity index (χ0v) is 20.7. The zero-order valence-electron chi connectivity index (χ0n) is 18.4. The number of nitrogens with zero attached hydrogens (tertiary/aromatic N) is 3. The maximum Gasteiger partial charge on any atom is 0.193 e. The van der Waals surface area contributed by atoms with E-state index in [0.29, 0.717) is 12.1 Å². The van der Waals surface area contributed by atoms with E-state index in [1.54, 1.807) is 0 Å². The Hall–Kier alpha value is -0.900. The molecule has 0 spiro atoms. The molecule has 29 heavy (non-hydrogen) atoms. The van der Waals surface area contributed by atoms with Crippen molar-refractivity contribution in [2.75, 3.05) is 53.0 Å². The number of ether oxygens (including phenoxy) is 1. The van der Waals surface area contributed by atoms with Crippen LogP contribution in [0.4, 0.5) is 0 Å². The standard InChI is InChI=1S/C22H37N5O.HI/c1-18(19-8-6-5-7-9-19)25-22(2,3)17-24-21(23-4)27-11-10-20(16-27)26-12-14-28-15-13-26;/h5-9,18,20,25H,10-17H2,1-4H3,(H,23,24);1H. The highest BCUT2D eigenvalue weighted by molar-refractivity contribution is 14.0. The number of benzene rings is 1. The van der Waals surface area contributed by atoms with Crippen LogP contribution < -0.4 is 10.6 Å². The lowest BCUT2D eigenvalue weighted by molar-refractivity contribution is 0.0194. The predicted octanol–water partition coefficient (Wildman–Crippen LogP) is 2.72. The maximum atomic E-state index is 5.50. The Labute approximate surface area is 193 Å². The molecule has 2 aliphatic rings. The molecule has 0 bridgehead atoms. The number of hydrogen-bond donors (Lipinski definition) is 2. The third-order valence-corrected chi connectivity index (χ3v) is 5.83. The van der Waals surface area contributed by atoms with E-state index in [-0.39, 0.29) is 29.5 Å². The van der Waals surface area contributed by atoms with Crippen molar-refractivity contribution >= 4 is 29.9 Å². The first-order valence-electron chi connectivity index (χ1n) is 10.6. The summed E-state index contributed by atoms with van der Waals surface area (Å²) in [6.07, 6.45) is 1.20. The summed E-state index contributed by atoms with van der Waals surface area (Å²) < 4.78 is 5.50. The van der Waals surface area contributed by atoms with E-state index in [2.05, 4.69) is 76.5 Å². The van der Waals surface area contributed by atoms with Crippen molar-refractivity contribution in [3.8, 4) is 0 Å². The number of halogens is 1. The van der Waals surface area contributed by atoms with Crippen LogP contribution in [0.25, 0.3) is 0 Å². The molecule has 1 aromatic rings. The predicted molar refractivity (Wildman–Crippen MR) is 131 cm³/mol. The van der Waals surface area contributed by atoms with E-state index in [1.165, 1.54) is 12.0 Å². The Kier molecular flexibility index (Phi) is 9.65. The van der Waals surface area contributed by atoms with Gasteiger partial charge in [-0.05, 0) is 32.8 Å². The first-order valence-corrected chi connectivity index (χ1v) is 10.6. The number of likely N-dealkylation sites (tertiary alicyclic amines) is 1. The van der Waals surface area contributed by atoms with Gasteiger partial charge in [0.2, 0.25) is 0 Å². The average molecular weight is 515 g/mol. The molecule has 0 radical (unpaired) electrons. The second-order valence-corrected chi connectivity index (χ2v) is 8.60. The summed E-state index contributed by atoms with van der Waals surface area (Å²) in [5, 5.41) is 7.35. The van der Waals surface area contributed by atoms with Crippen molar-refractivity contribution < 1.29 is 4.74 Å². The molecular weight excluding hydrogens is 477 g/mol. The Morgan fingerprint density at radius 2 is 1.90 bits per heavy atom. The average Bonchev–Trinajstić information content (AvgIpc) is 3.19. The maximum absolute atomic E-state index is 5.50. The fourth-order valence-electron chi connectivity index (χ4n) is 4.27. The van der Waals surface area contributed by atoms with E-state index < -0.39 is 0 Å². The van der Waals surface area contributed by atoms with Crippen molar-refractivity contribution in [3.05, 3.63) is 35.9 Å². The fourth-order valence-corrected chi connectivity index (χ4v) is 4.27. The van der Waals surface area contributed by atoms with E-state index >= 15 is 0 Å². The first-order chi connectivity index (χ1) is 13.5. The largest absolute Gasteiger partial charge is 0.379 e. The van der Waals surface area contributed by atoms with Crippen LogP contribution in [0.5, 0.6) is 0 Å². The van der Waals surface area contributed by atoms with Crippen LogP contribution >= 0.6 is 24.0 Å². The Bertz CT molecular complexity index is 633. The minimum absolute atomic E-state index is 0. The highest BCUT2D eigenvalue weighted by atomic mass is 127. The SMILES string of the molecule is CN=C(NCC(C)(C)NC(C)c1ccccc1)N1CCC(N2CCOCC2)C1.I. The molecule has 0 aromatic heterocycles. The summed E-state index contributed by atoms with van der Waals surface area (Å²) in [6.45, 7) is 13.5. The van der Waals surface area contributed by atoms with Gasteiger partial charge in [-0.2, -0.15) is 0 Å². The third kappa shape index (κ3) is 7.08. The highest BCUT2D eigenvalue weighted by Crippen LogP contribution is 2.18. The molecule has 3 rings (SSSR count). The van der Waals surface area contributed by atoms with E-state index in [4.69, 9.17) is 4.74 Å². The van der Waals surface area contributed by atoms with Gasteiger partial charge in [0.25, 0.3) is 0 Å². The molecule has 2 fully saturated rings. The number of guanidine groups is 1. The quantitative estimate of drug-likeness (QED) is 0.347. The molecule has 7 heteroatoms. The molecule has 2 unspecified atom stereocenters. The number of nitrogens with one attached hydrogen (secondary N) is 2. The first kappa shape index (κ1) is 24.4. The van der Waals surface area contributed by atoms with Gasteiger partial charge in [-0.25, -0.2) is 0 Å². The number of rotatable bonds is 6. The molecule has 2 atom stereocenters. The summed E-state index contributed by atoms with van der Waals surface area (Å²) in [5.74, 6) is 1.01. The second kappa shape index (κ2) is 11.5. The Morgan fingerprint density at radius 3 is 2.55 bits per heavy atom. The lowest BCUT2D eigenvalue weighted by Gasteiger charge is -2.34. The molecule has 0 saturated carbocycles. The van der Waals surface area contributed by atoms with Gasteiger partial charge in [-0.1, -0.05) is 30.3 Å². The van der Waals surface area contributed by atoms with Gasteiger partial charge in [0.1, 0.15) is 0 Å². The third-order valence-electron chi connectivity index (χ3n) is 5.83. The van der Waals surface area contributed by atoms with E-state index in [9.17, 15) is 0 Å². The minimum atomic E-state index is -0.0471. The van der Waals surface area contributed by atoms with Gasteiger partial charge < -0.3 is 20.3 Å². The summed E-state index contributed by atoms with van der Waals surface area (Å²) in [5.41, 5.74) is 1.27. The minimum Gasteiger partial charge on any atom is -0.379 e. The van der Waals surface area contributed by atoms with Gasteiger partial charge in [-0.3, -0.25) is 9.89 Å². The van der Waals surface area contributed by atoms with Crippen LogP contribution in [0.3, 0.4) is 0 Å². The van der Waals surface area contributed by atoms with Crippen LogP contribution in [-0.2, 0) is 4.74 Å².